The average molecular weight is 263 g/mol. The number of fused-ring (bicyclic) bond motifs is 1. The summed E-state index contributed by atoms with van der Waals surface area (Å²) in [5, 5.41) is 9.93. The van der Waals surface area contributed by atoms with Crippen LogP contribution in [0.5, 0.6) is 11.5 Å². The average Bonchev–Trinajstić information content (AvgIpc) is 2.75. The number of carboxylic acid groups (broad SMARTS) is 1. The second-order valence-corrected chi connectivity index (χ2v) is 4.57. The van der Waals surface area contributed by atoms with Crippen molar-refractivity contribution in [2.24, 2.45) is 0 Å². The molecule has 1 N–H and O–H groups in total. The predicted octanol–water partition coefficient (Wildman–Crippen LogP) is 2.94. The minimum absolute atomic E-state index is 0.161. The normalized spacial score (nSPS) is 11.0. The fraction of sp³-hybridized carbons (Fsp3) is 0.357. The molecule has 0 saturated carbocycles. The van der Waals surface area contributed by atoms with Crippen molar-refractivity contribution in [1.29, 1.82) is 0 Å². The van der Waals surface area contributed by atoms with E-state index in [2.05, 4.69) is 0 Å². The lowest BCUT2D eigenvalue weighted by Crippen LogP contribution is -1.99. The largest absolute Gasteiger partial charge is 0.493 e. The quantitative estimate of drug-likeness (QED) is 0.921. The van der Waals surface area contributed by atoms with Crippen LogP contribution in [0.3, 0.4) is 0 Å². The molecule has 0 aliphatic heterocycles. The maximum absolute atomic E-state index is 11.3. The SMILES string of the molecule is COc1cc2c(C(=O)O)cn(C(C)C)c2cc1OC. The van der Waals surface area contributed by atoms with Crippen molar-refractivity contribution >= 4 is 16.9 Å². The number of nitrogens with zero attached hydrogens (tertiary/aromatic N) is 1. The molecule has 0 atom stereocenters. The lowest BCUT2D eigenvalue weighted by Gasteiger charge is -2.12. The van der Waals surface area contributed by atoms with Gasteiger partial charge >= 0.3 is 5.97 Å². The third kappa shape index (κ3) is 2.12. The smallest absolute Gasteiger partial charge is 0.337 e. The van der Waals surface area contributed by atoms with Gasteiger partial charge in [0.2, 0.25) is 0 Å². The molecule has 0 amide bonds. The highest BCUT2D eigenvalue weighted by atomic mass is 16.5. The minimum Gasteiger partial charge on any atom is -0.493 e. The molecule has 0 saturated heterocycles. The Morgan fingerprint density at radius 3 is 2.26 bits per heavy atom. The van der Waals surface area contributed by atoms with Crippen molar-refractivity contribution in [2.75, 3.05) is 14.2 Å². The third-order valence-electron chi connectivity index (χ3n) is 3.13. The van der Waals surface area contributed by atoms with Crippen molar-refractivity contribution in [3.05, 3.63) is 23.9 Å². The van der Waals surface area contributed by atoms with E-state index >= 15 is 0 Å². The third-order valence-corrected chi connectivity index (χ3v) is 3.13. The number of benzene rings is 1. The molecular formula is C14H17NO4. The topological polar surface area (TPSA) is 60.7 Å². The van der Waals surface area contributed by atoms with Gasteiger partial charge in [0.15, 0.2) is 11.5 Å². The molecule has 0 unspecified atom stereocenters. The number of aromatic nitrogens is 1. The molecule has 0 fully saturated rings. The van der Waals surface area contributed by atoms with Crippen molar-refractivity contribution in [3.63, 3.8) is 0 Å². The van der Waals surface area contributed by atoms with Gasteiger partial charge in [-0.15, -0.1) is 0 Å². The van der Waals surface area contributed by atoms with Crippen LogP contribution in [0.4, 0.5) is 0 Å². The van der Waals surface area contributed by atoms with Gasteiger partial charge < -0.3 is 19.1 Å². The van der Waals surface area contributed by atoms with Crippen LogP contribution >= 0.6 is 0 Å². The monoisotopic (exact) mass is 263 g/mol. The summed E-state index contributed by atoms with van der Waals surface area (Å²) in [7, 11) is 3.09. The first-order valence-electron chi connectivity index (χ1n) is 5.99. The Morgan fingerprint density at radius 1 is 1.21 bits per heavy atom. The van der Waals surface area contributed by atoms with Crippen molar-refractivity contribution in [3.8, 4) is 11.5 Å². The van der Waals surface area contributed by atoms with Gasteiger partial charge in [-0.25, -0.2) is 4.79 Å². The fourth-order valence-electron chi connectivity index (χ4n) is 2.17. The zero-order valence-corrected chi connectivity index (χ0v) is 11.4. The summed E-state index contributed by atoms with van der Waals surface area (Å²) in [5.74, 6) is 0.169. The van der Waals surface area contributed by atoms with Crippen molar-refractivity contribution in [2.45, 2.75) is 19.9 Å². The highest BCUT2D eigenvalue weighted by Crippen LogP contribution is 2.35. The number of rotatable bonds is 4. The highest BCUT2D eigenvalue weighted by Gasteiger charge is 2.18. The van der Waals surface area contributed by atoms with Crippen LogP contribution in [0.2, 0.25) is 0 Å². The van der Waals surface area contributed by atoms with Crippen LogP contribution in [-0.4, -0.2) is 29.9 Å². The summed E-state index contributed by atoms with van der Waals surface area (Å²) >= 11 is 0. The van der Waals surface area contributed by atoms with E-state index in [1.807, 2.05) is 18.4 Å². The first kappa shape index (κ1) is 13.3. The molecule has 5 heteroatoms. The fourth-order valence-corrected chi connectivity index (χ4v) is 2.17. The number of hydrogen-bond acceptors (Lipinski definition) is 3. The zero-order chi connectivity index (χ0) is 14.2. The van der Waals surface area contributed by atoms with Crippen LogP contribution in [0.25, 0.3) is 10.9 Å². The van der Waals surface area contributed by atoms with Gasteiger partial charge in [0, 0.05) is 23.7 Å². The number of carbonyl (C=O) groups is 1. The molecule has 1 heterocycles. The van der Waals surface area contributed by atoms with E-state index in [-0.39, 0.29) is 11.6 Å². The molecule has 0 aliphatic rings. The molecular weight excluding hydrogens is 246 g/mol. The Bertz CT molecular complexity index is 628. The maximum atomic E-state index is 11.3. The first-order valence-corrected chi connectivity index (χ1v) is 5.99. The molecule has 0 radical (unpaired) electrons. The van der Waals surface area contributed by atoms with Gasteiger partial charge in [-0.2, -0.15) is 0 Å². The summed E-state index contributed by atoms with van der Waals surface area (Å²) in [6, 6.07) is 3.67. The molecule has 0 bridgehead atoms. The second kappa shape index (κ2) is 4.84. The van der Waals surface area contributed by atoms with Crippen LogP contribution < -0.4 is 9.47 Å². The molecule has 1 aromatic heterocycles. The van der Waals surface area contributed by atoms with E-state index in [1.54, 1.807) is 25.4 Å². The van der Waals surface area contributed by atoms with E-state index in [9.17, 15) is 9.90 Å². The van der Waals surface area contributed by atoms with Crippen LogP contribution in [-0.2, 0) is 0 Å². The number of aromatic carboxylic acids is 1. The Morgan fingerprint density at radius 2 is 1.79 bits per heavy atom. The molecule has 0 spiro atoms. The Labute approximate surface area is 111 Å². The number of ether oxygens (including phenoxy) is 2. The molecule has 19 heavy (non-hydrogen) atoms. The van der Waals surface area contributed by atoms with Gasteiger partial charge in [-0.05, 0) is 19.9 Å². The Kier molecular flexibility index (Phi) is 3.38. The van der Waals surface area contributed by atoms with Gasteiger partial charge in [-0.1, -0.05) is 0 Å². The van der Waals surface area contributed by atoms with Crippen molar-refractivity contribution < 1.29 is 19.4 Å². The molecule has 1 aromatic carbocycles. The van der Waals surface area contributed by atoms with Gasteiger partial charge in [0.05, 0.1) is 25.3 Å². The van der Waals surface area contributed by atoms with E-state index < -0.39 is 5.97 Å². The zero-order valence-electron chi connectivity index (χ0n) is 11.4. The molecule has 2 rings (SSSR count). The van der Waals surface area contributed by atoms with E-state index in [1.165, 1.54) is 7.11 Å². The molecule has 0 aliphatic carbocycles. The number of methoxy groups -OCH3 is 2. The number of carboxylic acids is 1. The molecule has 2 aromatic rings. The van der Waals surface area contributed by atoms with Gasteiger partial charge in [0.25, 0.3) is 0 Å². The summed E-state index contributed by atoms with van der Waals surface area (Å²) in [6.45, 7) is 4.00. The summed E-state index contributed by atoms with van der Waals surface area (Å²) < 4.78 is 12.4. The lowest BCUT2D eigenvalue weighted by molar-refractivity contribution is 0.0698. The van der Waals surface area contributed by atoms with E-state index in [4.69, 9.17) is 9.47 Å². The Hall–Kier alpha value is -2.17. The maximum Gasteiger partial charge on any atom is 0.337 e. The van der Waals surface area contributed by atoms with Gasteiger partial charge in [-0.3, -0.25) is 0 Å². The van der Waals surface area contributed by atoms with Crippen LogP contribution in [0.1, 0.15) is 30.2 Å². The Balaban J connectivity index is 2.82. The van der Waals surface area contributed by atoms with E-state index in [0.717, 1.165) is 5.52 Å². The molecule has 5 nitrogen and oxygen atoms in total. The van der Waals surface area contributed by atoms with Crippen LogP contribution in [0.15, 0.2) is 18.3 Å². The molecule has 102 valence electrons. The van der Waals surface area contributed by atoms with E-state index in [0.29, 0.717) is 16.9 Å². The van der Waals surface area contributed by atoms with Gasteiger partial charge in [0.1, 0.15) is 0 Å². The standard InChI is InChI=1S/C14H17NO4/c1-8(2)15-7-10(14(16)17)9-5-12(18-3)13(19-4)6-11(9)15/h5-8H,1-4H3,(H,16,17). The summed E-state index contributed by atoms with van der Waals surface area (Å²) in [5.41, 5.74) is 1.09. The summed E-state index contributed by atoms with van der Waals surface area (Å²) in [6.07, 6.45) is 1.65. The van der Waals surface area contributed by atoms with Crippen LogP contribution in [0, 0.1) is 0 Å². The van der Waals surface area contributed by atoms with Crippen molar-refractivity contribution in [1.82, 2.24) is 4.57 Å². The predicted molar refractivity (Wildman–Crippen MR) is 72.4 cm³/mol. The number of hydrogen-bond donors (Lipinski definition) is 1. The first-order chi connectivity index (χ1) is 8.99. The lowest BCUT2D eigenvalue weighted by atomic mass is 10.1. The minimum atomic E-state index is -0.948. The highest BCUT2D eigenvalue weighted by molar-refractivity contribution is 6.04. The summed E-state index contributed by atoms with van der Waals surface area (Å²) in [4.78, 5) is 11.3. The second-order valence-electron chi connectivity index (χ2n) is 4.57.